The summed E-state index contributed by atoms with van der Waals surface area (Å²) in [6.07, 6.45) is 9.56. The van der Waals surface area contributed by atoms with Gasteiger partial charge in [0.1, 0.15) is 6.07 Å². The molecule has 14 heteroatoms. The van der Waals surface area contributed by atoms with Gasteiger partial charge in [0, 0.05) is 45.2 Å². The summed E-state index contributed by atoms with van der Waals surface area (Å²) in [5.74, 6) is -5.32. The molecule has 2 aromatic heterocycles. The van der Waals surface area contributed by atoms with Gasteiger partial charge in [0.25, 0.3) is 5.91 Å². The second kappa shape index (κ2) is 13.8. The van der Waals surface area contributed by atoms with Gasteiger partial charge in [-0.2, -0.15) is 24.0 Å². The number of aromatic nitrogens is 4. The van der Waals surface area contributed by atoms with Crippen LogP contribution in [-0.2, 0) is 18.4 Å². The van der Waals surface area contributed by atoms with E-state index >= 15 is 0 Å². The second-order valence-electron chi connectivity index (χ2n) is 12.1. The molecule has 240 valence electrons. The summed E-state index contributed by atoms with van der Waals surface area (Å²) in [4.78, 5) is 41.2. The quantitative estimate of drug-likeness (QED) is 0.356. The smallest absolute Gasteiger partial charge is 0.374 e. The number of hydrazine groups is 1. The lowest BCUT2D eigenvalue weighted by Crippen LogP contribution is -2.58. The highest BCUT2D eigenvalue weighted by Gasteiger charge is 2.33. The monoisotopic (exact) mass is 623 g/mol. The van der Waals surface area contributed by atoms with Gasteiger partial charge in [0.05, 0.1) is 12.4 Å². The lowest BCUT2D eigenvalue weighted by atomic mass is 9.95. The van der Waals surface area contributed by atoms with Crippen molar-refractivity contribution in [3.63, 3.8) is 0 Å². The molecule has 3 aliphatic rings. The summed E-state index contributed by atoms with van der Waals surface area (Å²) < 4.78 is 24.3. The second-order valence-corrected chi connectivity index (χ2v) is 12.1. The van der Waals surface area contributed by atoms with Crippen LogP contribution in [0.25, 0.3) is 11.2 Å². The molecule has 2 N–H and O–H groups in total. The number of benzene rings is 1. The van der Waals surface area contributed by atoms with Gasteiger partial charge in [-0.25, -0.2) is 9.78 Å². The summed E-state index contributed by atoms with van der Waals surface area (Å²) in [5.41, 5.74) is 6.09. The van der Waals surface area contributed by atoms with E-state index in [2.05, 4.69) is 48.4 Å². The van der Waals surface area contributed by atoms with Crippen LogP contribution >= 0.6 is 0 Å². The van der Waals surface area contributed by atoms with Crippen molar-refractivity contribution in [1.82, 2.24) is 34.7 Å². The topological polar surface area (TPSA) is 144 Å². The Balaban J connectivity index is 0.000000515. The molecule has 0 bridgehead atoms. The first-order valence-electron chi connectivity index (χ1n) is 15.4. The molecule has 1 aliphatic carbocycles. The lowest BCUT2D eigenvalue weighted by molar-refractivity contribution is -0.161. The minimum atomic E-state index is -3.58. The van der Waals surface area contributed by atoms with Crippen molar-refractivity contribution in [2.24, 2.45) is 7.05 Å². The Kier molecular flexibility index (Phi) is 9.89. The third-order valence-corrected chi connectivity index (χ3v) is 8.62. The molecule has 0 unspecified atom stereocenters. The average Bonchev–Trinajstić information content (AvgIpc) is 3.68. The molecule has 0 radical (unpaired) electrons. The zero-order valence-electron chi connectivity index (χ0n) is 25.6. The lowest BCUT2D eigenvalue weighted by Gasteiger charge is -2.44. The molecule has 2 saturated heterocycles. The number of alkyl halides is 2. The predicted molar refractivity (Wildman–Crippen MR) is 162 cm³/mol. The van der Waals surface area contributed by atoms with Gasteiger partial charge >= 0.3 is 11.9 Å². The molecule has 4 heterocycles. The zero-order valence-corrected chi connectivity index (χ0v) is 25.6. The summed E-state index contributed by atoms with van der Waals surface area (Å²) in [5, 5.41) is 18.9. The number of amides is 1. The molecule has 12 nitrogen and oxygen atoms in total. The number of carboxylic acids is 1. The van der Waals surface area contributed by atoms with Gasteiger partial charge in [-0.3, -0.25) is 25.0 Å². The Labute approximate surface area is 260 Å². The van der Waals surface area contributed by atoms with Crippen molar-refractivity contribution >= 4 is 28.9 Å². The molecular weight excluding hydrogens is 584 g/mol. The number of rotatable bonds is 8. The number of fused-ring (bicyclic) bond motifs is 1. The Bertz CT molecular complexity index is 1530. The number of carboxylic acid groups (broad SMARTS) is 1. The van der Waals surface area contributed by atoms with Gasteiger partial charge in [0.2, 0.25) is 5.82 Å². The third-order valence-electron chi connectivity index (χ3n) is 8.62. The highest BCUT2D eigenvalue weighted by molar-refractivity contribution is 5.96. The van der Waals surface area contributed by atoms with Crippen molar-refractivity contribution < 1.29 is 23.5 Å². The SMILES string of the molecule is CC(F)(F)C(=O)O.Cn1cnc2c(N(NC(=O)c3ccc(CN4CC(N5CCCC5)C4)cc3)C3CCCCC3)nc(C#N)nc21. The van der Waals surface area contributed by atoms with Gasteiger partial charge in [0.15, 0.2) is 17.0 Å². The molecule has 3 fully saturated rings. The van der Waals surface area contributed by atoms with Crippen molar-refractivity contribution in [1.29, 1.82) is 5.26 Å². The number of nitriles is 1. The van der Waals surface area contributed by atoms with Gasteiger partial charge in [-0.1, -0.05) is 31.4 Å². The molecule has 1 amide bonds. The Hall–Kier alpha value is -4.22. The van der Waals surface area contributed by atoms with E-state index in [1.807, 2.05) is 24.2 Å². The van der Waals surface area contributed by atoms with E-state index in [1.165, 1.54) is 37.9 Å². The van der Waals surface area contributed by atoms with E-state index < -0.39 is 11.9 Å². The van der Waals surface area contributed by atoms with E-state index in [-0.39, 0.29) is 17.8 Å². The summed E-state index contributed by atoms with van der Waals surface area (Å²) in [6, 6.07) is 10.8. The fourth-order valence-electron chi connectivity index (χ4n) is 6.07. The number of carbonyl (C=O) groups excluding carboxylic acids is 1. The molecule has 1 aromatic carbocycles. The normalized spacial score (nSPS) is 18.1. The van der Waals surface area contributed by atoms with Crippen molar-refractivity contribution in [3.05, 3.63) is 47.5 Å². The largest absolute Gasteiger partial charge is 0.477 e. The van der Waals surface area contributed by atoms with Crippen molar-refractivity contribution in [2.75, 3.05) is 31.2 Å². The number of anilines is 1. The van der Waals surface area contributed by atoms with Crippen LogP contribution in [0.2, 0.25) is 0 Å². The van der Waals surface area contributed by atoms with Gasteiger partial charge in [-0.15, -0.1) is 0 Å². The minimum absolute atomic E-state index is 0.0634. The summed E-state index contributed by atoms with van der Waals surface area (Å²) in [7, 11) is 1.84. The van der Waals surface area contributed by atoms with Crippen LogP contribution in [0.4, 0.5) is 14.6 Å². The van der Waals surface area contributed by atoms with Crippen LogP contribution in [0, 0.1) is 11.3 Å². The van der Waals surface area contributed by atoms with Crippen LogP contribution < -0.4 is 10.4 Å². The standard InChI is InChI=1S/C28H35N9O.C3H4F2O2/c1-34-19-30-25-26(34)31-24(15-29)32-27(25)37(22-7-3-2-4-8-22)33-28(38)21-11-9-20(10-12-21)16-35-17-23(18-35)36-13-5-6-14-36;1-3(4,5)2(6)7/h9-12,19,22-23H,2-8,13-14,16-18H2,1H3,(H,33,38);1H3,(H,6,7). The van der Waals surface area contributed by atoms with E-state index in [4.69, 9.17) is 5.11 Å². The van der Waals surface area contributed by atoms with Gasteiger partial charge < -0.3 is 9.67 Å². The van der Waals surface area contributed by atoms with E-state index in [0.717, 1.165) is 45.3 Å². The first kappa shape index (κ1) is 32.2. The first-order valence-corrected chi connectivity index (χ1v) is 15.4. The maximum atomic E-state index is 13.5. The number of likely N-dealkylation sites (tertiary alicyclic amines) is 2. The first-order chi connectivity index (χ1) is 21.5. The molecule has 45 heavy (non-hydrogen) atoms. The van der Waals surface area contributed by atoms with Gasteiger partial charge in [-0.05, 0) is 56.5 Å². The maximum Gasteiger partial charge on any atom is 0.374 e. The molecule has 3 aromatic rings. The Morgan fingerprint density at radius 3 is 2.33 bits per heavy atom. The highest BCUT2D eigenvalue weighted by Crippen LogP contribution is 2.29. The third kappa shape index (κ3) is 7.72. The molecular formula is C31H39F2N9O3. The number of nitrogens with one attached hydrogen (secondary N) is 1. The summed E-state index contributed by atoms with van der Waals surface area (Å²) >= 11 is 0. The Morgan fingerprint density at radius 1 is 1.09 bits per heavy atom. The number of hydrogen-bond donors (Lipinski definition) is 2. The van der Waals surface area contributed by atoms with Crippen molar-refractivity contribution in [2.45, 2.75) is 76.4 Å². The minimum Gasteiger partial charge on any atom is -0.477 e. The molecule has 6 rings (SSSR count). The number of halogens is 2. The number of imidazole rings is 1. The average molecular weight is 624 g/mol. The molecule has 0 spiro atoms. The number of nitrogens with zero attached hydrogens (tertiary/aromatic N) is 8. The van der Waals surface area contributed by atoms with Crippen LogP contribution in [0.3, 0.4) is 0 Å². The highest BCUT2D eigenvalue weighted by atomic mass is 19.3. The Morgan fingerprint density at radius 2 is 1.73 bits per heavy atom. The maximum absolute atomic E-state index is 13.5. The van der Waals surface area contributed by atoms with E-state index in [9.17, 15) is 23.6 Å². The number of aryl methyl sites for hydroxylation is 1. The van der Waals surface area contributed by atoms with Crippen LogP contribution in [0.5, 0.6) is 0 Å². The summed E-state index contributed by atoms with van der Waals surface area (Å²) in [6.45, 7) is 6.00. The van der Waals surface area contributed by atoms with E-state index in [1.54, 1.807) is 10.9 Å². The number of carbonyl (C=O) groups is 2. The van der Waals surface area contributed by atoms with Crippen LogP contribution in [0.15, 0.2) is 30.6 Å². The van der Waals surface area contributed by atoms with Crippen LogP contribution in [-0.4, -0.2) is 90.5 Å². The predicted octanol–water partition coefficient (Wildman–Crippen LogP) is 3.73. The van der Waals surface area contributed by atoms with Crippen molar-refractivity contribution in [3.8, 4) is 6.07 Å². The molecule has 2 aliphatic heterocycles. The van der Waals surface area contributed by atoms with E-state index in [0.29, 0.717) is 35.5 Å². The number of aliphatic carboxylic acids is 1. The fraction of sp³-hybridized carbons (Fsp3) is 0.548. The molecule has 1 saturated carbocycles. The van der Waals surface area contributed by atoms with Crippen LogP contribution in [0.1, 0.15) is 73.6 Å². The molecule has 0 atom stereocenters. The zero-order chi connectivity index (χ0) is 32.1. The fourth-order valence-corrected chi connectivity index (χ4v) is 6.07. The number of hydrogen-bond acceptors (Lipinski definition) is 9.